The molecule has 2 saturated heterocycles. The van der Waals surface area contributed by atoms with Gasteiger partial charge in [-0.05, 0) is 56.2 Å². The lowest BCUT2D eigenvalue weighted by Gasteiger charge is -2.26. The van der Waals surface area contributed by atoms with Crippen LogP contribution in [0, 0.1) is 5.92 Å². The summed E-state index contributed by atoms with van der Waals surface area (Å²) in [5, 5.41) is 2.94. The Morgan fingerprint density at radius 1 is 1.23 bits per heavy atom. The van der Waals surface area contributed by atoms with Crippen LogP contribution in [0.25, 0.3) is 0 Å². The molecule has 1 aromatic carbocycles. The van der Waals surface area contributed by atoms with Crippen LogP contribution in [0.3, 0.4) is 0 Å². The predicted molar refractivity (Wildman–Crippen MR) is 98.2 cm³/mol. The number of hydrogen-bond donors (Lipinski definition) is 1. The molecule has 0 aromatic heterocycles. The molecule has 26 heavy (non-hydrogen) atoms. The van der Waals surface area contributed by atoms with Gasteiger partial charge < -0.3 is 19.7 Å². The second-order valence-electron chi connectivity index (χ2n) is 7.03. The molecule has 0 radical (unpaired) electrons. The second kappa shape index (κ2) is 9.57. The SMILES string of the molecule is O=C(NCCC1CCOC1)c1cccc(OCC(=O)N2CCCCC2)c1. The number of rotatable bonds is 7. The molecule has 3 rings (SSSR count). The average Bonchev–Trinajstić information content (AvgIpc) is 3.20. The van der Waals surface area contributed by atoms with Gasteiger partial charge in [-0.3, -0.25) is 9.59 Å². The predicted octanol–water partition coefficient (Wildman–Crippen LogP) is 2.23. The molecule has 2 heterocycles. The van der Waals surface area contributed by atoms with E-state index in [9.17, 15) is 9.59 Å². The highest BCUT2D eigenvalue weighted by Crippen LogP contribution is 2.16. The van der Waals surface area contributed by atoms with Gasteiger partial charge in [0.25, 0.3) is 11.8 Å². The molecule has 6 nitrogen and oxygen atoms in total. The molecule has 0 saturated carbocycles. The number of likely N-dealkylation sites (tertiary alicyclic amines) is 1. The summed E-state index contributed by atoms with van der Waals surface area (Å²) < 4.78 is 11.0. The van der Waals surface area contributed by atoms with Crippen molar-refractivity contribution in [3.63, 3.8) is 0 Å². The number of nitrogens with zero attached hydrogens (tertiary/aromatic N) is 1. The van der Waals surface area contributed by atoms with Crippen molar-refractivity contribution >= 4 is 11.8 Å². The summed E-state index contributed by atoms with van der Waals surface area (Å²) in [4.78, 5) is 26.3. The van der Waals surface area contributed by atoms with E-state index in [4.69, 9.17) is 9.47 Å². The largest absolute Gasteiger partial charge is 0.484 e. The van der Waals surface area contributed by atoms with Gasteiger partial charge in [0.1, 0.15) is 5.75 Å². The molecule has 0 spiro atoms. The van der Waals surface area contributed by atoms with Crippen LogP contribution in [-0.2, 0) is 9.53 Å². The number of carbonyl (C=O) groups excluding carboxylic acids is 2. The zero-order chi connectivity index (χ0) is 18.2. The van der Waals surface area contributed by atoms with Crippen LogP contribution in [0.15, 0.2) is 24.3 Å². The molecule has 2 fully saturated rings. The minimum absolute atomic E-state index is 0.0123. The number of nitrogens with one attached hydrogen (secondary N) is 1. The Kier molecular flexibility index (Phi) is 6.89. The number of amides is 2. The van der Waals surface area contributed by atoms with Crippen LogP contribution in [0.4, 0.5) is 0 Å². The van der Waals surface area contributed by atoms with Crippen LogP contribution in [0.1, 0.15) is 42.5 Å². The number of carbonyl (C=O) groups is 2. The number of hydrogen-bond acceptors (Lipinski definition) is 4. The van der Waals surface area contributed by atoms with Crippen molar-refractivity contribution in [3.8, 4) is 5.75 Å². The highest BCUT2D eigenvalue weighted by molar-refractivity contribution is 5.94. The van der Waals surface area contributed by atoms with E-state index in [0.717, 1.165) is 52.0 Å². The molecule has 142 valence electrons. The fraction of sp³-hybridized carbons (Fsp3) is 0.600. The summed E-state index contributed by atoms with van der Waals surface area (Å²) >= 11 is 0. The van der Waals surface area contributed by atoms with Crippen molar-refractivity contribution < 1.29 is 19.1 Å². The smallest absolute Gasteiger partial charge is 0.260 e. The summed E-state index contributed by atoms with van der Waals surface area (Å²) in [6.45, 7) is 3.92. The molecule has 0 aliphatic carbocycles. The lowest BCUT2D eigenvalue weighted by Crippen LogP contribution is -2.38. The maximum absolute atomic E-state index is 12.3. The van der Waals surface area contributed by atoms with Crippen molar-refractivity contribution in [1.29, 1.82) is 0 Å². The zero-order valence-corrected chi connectivity index (χ0v) is 15.2. The van der Waals surface area contributed by atoms with Crippen LogP contribution < -0.4 is 10.1 Å². The normalized spacial score (nSPS) is 20.0. The van der Waals surface area contributed by atoms with E-state index in [1.165, 1.54) is 6.42 Å². The van der Waals surface area contributed by atoms with Crippen molar-refractivity contribution in [2.45, 2.75) is 32.1 Å². The monoisotopic (exact) mass is 360 g/mol. The first-order valence-electron chi connectivity index (χ1n) is 9.59. The first-order chi connectivity index (χ1) is 12.7. The standard InChI is InChI=1S/C20H28N2O4/c23-19(22-10-2-1-3-11-22)15-26-18-6-4-5-17(13-18)20(24)21-9-7-16-8-12-25-14-16/h4-6,13,16H,1-3,7-12,14-15H2,(H,21,24). The first kappa shape index (κ1) is 18.7. The lowest BCUT2D eigenvalue weighted by atomic mass is 10.1. The highest BCUT2D eigenvalue weighted by Gasteiger charge is 2.18. The van der Waals surface area contributed by atoms with Gasteiger partial charge in [-0.2, -0.15) is 0 Å². The molecule has 2 amide bonds. The van der Waals surface area contributed by atoms with E-state index in [1.54, 1.807) is 24.3 Å². The average molecular weight is 360 g/mol. The maximum Gasteiger partial charge on any atom is 0.260 e. The molecular formula is C20H28N2O4. The van der Waals surface area contributed by atoms with Crippen molar-refractivity contribution in [2.75, 3.05) is 39.5 Å². The van der Waals surface area contributed by atoms with Crippen LogP contribution in [0.2, 0.25) is 0 Å². The van der Waals surface area contributed by atoms with Gasteiger partial charge in [0.2, 0.25) is 0 Å². The first-order valence-corrected chi connectivity index (χ1v) is 9.59. The molecule has 6 heteroatoms. The van der Waals surface area contributed by atoms with Gasteiger partial charge in [-0.25, -0.2) is 0 Å². The molecule has 0 bridgehead atoms. The number of piperidine rings is 1. The van der Waals surface area contributed by atoms with Crippen LogP contribution in [-0.4, -0.2) is 56.2 Å². The molecule has 1 unspecified atom stereocenters. The van der Waals surface area contributed by atoms with E-state index in [0.29, 0.717) is 23.8 Å². The molecule has 2 aliphatic heterocycles. The van der Waals surface area contributed by atoms with Crippen LogP contribution >= 0.6 is 0 Å². The van der Waals surface area contributed by atoms with Crippen LogP contribution in [0.5, 0.6) is 5.75 Å². The van der Waals surface area contributed by atoms with E-state index in [-0.39, 0.29) is 18.4 Å². The van der Waals surface area contributed by atoms with Gasteiger partial charge in [0.15, 0.2) is 6.61 Å². The van der Waals surface area contributed by atoms with Crippen molar-refractivity contribution in [1.82, 2.24) is 10.2 Å². The quantitative estimate of drug-likeness (QED) is 0.810. The van der Waals surface area contributed by atoms with E-state index >= 15 is 0 Å². The summed E-state index contributed by atoms with van der Waals surface area (Å²) in [5.74, 6) is 0.994. The van der Waals surface area contributed by atoms with Crippen molar-refractivity contribution in [2.24, 2.45) is 5.92 Å². The van der Waals surface area contributed by atoms with Gasteiger partial charge >= 0.3 is 0 Å². The molecule has 1 aromatic rings. The Morgan fingerprint density at radius 3 is 2.85 bits per heavy atom. The third-order valence-corrected chi connectivity index (χ3v) is 5.03. The maximum atomic E-state index is 12.3. The Balaban J connectivity index is 1.44. The second-order valence-corrected chi connectivity index (χ2v) is 7.03. The van der Waals surface area contributed by atoms with E-state index in [2.05, 4.69) is 5.32 Å². The molecule has 1 N–H and O–H groups in total. The zero-order valence-electron chi connectivity index (χ0n) is 15.2. The topological polar surface area (TPSA) is 67.9 Å². The lowest BCUT2D eigenvalue weighted by molar-refractivity contribution is -0.134. The van der Waals surface area contributed by atoms with E-state index in [1.807, 2.05) is 4.90 Å². The summed E-state index contributed by atoms with van der Waals surface area (Å²) in [5.41, 5.74) is 0.551. The highest BCUT2D eigenvalue weighted by atomic mass is 16.5. The van der Waals surface area contributed by atoms with Gasteiger partial charge in [0.05, 0.1) is 0 Å². The fourth-order valence-electron chi connectivity index (χ4n) is 3.41. The number of ether oxygens (including phenoxy) is 2. The van der Waals surface area contributed by atoms with Gasteiger partial charge in [0, 0.05) is 38.4 Å². The molecule has 1 atom stereocenters. The van der Waals surface area contributed by atoms with Gasteiger partial charge in [-0.1, -0.05) is 6.07 Å². The Morgan fingerprint density at radius 2 is 2.08 bits per heavy atom. The summed E-state index contributed by atoms with van der Waals surface area (Å²) in [7, 11) is 0. The minimum atomic E-state index is -0.114. The molecule has 2 aliphatic rings. The van der Waals surface area contributed by atoms with E-state index < -0.39 is 0 Å². The summed E-state index contributed by atoms with van der Waals surface area (Å²) in [6.07, 6.45) is 5.33. The fourth-order valence-corrected chi connectivity index (χ4v) is 3.41. The summed E-state index contributed by atoms with van der Waals surface area (Å²) in [6, 6.07) is 7.00. The number of benzene rings is 1. The minimum Gasteiger partial charge on any atom is -0.484 e. The molecular weight excluding hydrogens is 332 g/mol. The Bertz CT molecular complexity index is 608. The van der Waals surface area contributed by atoms with Crippen molar-refractivity contribution in [3.05, 3.63) is 29.8 Å². The Labute approximate surface area is 154 Å². The Hall–Kier alpha value is -2.08. The van der Waals surface area contributed by atoms with Gasteiger partial charge in [-0.15, -0.1) is 0 Å². The third-order valence-electron chi connectivity index (χ3n) is 5.03. The third kappa shape index (κ3) is 5.46.